The first-order valence-corrected chi connectivity index (χ1v) is 10.9. The third-order valence-electron chi connectivity index (χ3n) is 5.55. The van der Waals surface area contributed by atoms with Crippen LogP contribution in [0.1, 0.15) is 49.2 Å². The fourth-order valence-electron chi connectivity index (χ4n) is 3.73. The van der Waals surface area contributed by atoms with Crippen molar-refractivity contribution in [2.24, 2.45) is 0 Å². The Labute approximate surface area is 193 Å². The highest BCUT2D eigenvalue weighted by atomic mass is 16.2. The molecule has 0 unspecified atom stereocenters. The maximum Gasteiger partial charge on any atom is 0.255 e. The lowest BCUT2D eigenvalue weighted by molar-refractivity contribution is -0.114. The number of anilines is 2. The number of rotatable bonds is 4. The van der Waals surface area contributed by atoms with Crippen LogP contribution in [0.4, 0.5) is 11.5 Å². The van der Waals surface area contributed by atoms with Gasteiger partial charge in [-0.1, -0.05) is 39.0 Å². The molecule has 0 saturated heterocycles. The Morgan fingerprint density at radius 1 is 0.939 bits per heavy atom. The number of amides is 2. The molecule has 0 fully saturated rings. The summed E-state index contributed by atoms with van der Waals surface area (Å²) in [6.45, 7) is 9.89. The van der Waals surface area contributed by atoms with Gasteiger partial charge in [-0.3, -0.25) is 9.59 Å². The molecule has 0 bridgehead atoms. The minimum atomic E-state index is -0.161. The van der Waals surface area contributed by atoms with E-state index in [4.69, 9.17) is 0 Å². The highest BCUT2D eigenvalue weighted by Gasteiger charge is 2.16. The van der Waals surface area contributed by atoms with E-state index < -0.39 is 0 Å². The SMILES string of the molecule is CC(=O)Nc1cn2cc(-c3cc(NC(=O)c4cccc(C(C)(C)C)c4)ccc3C)ccc2n1. The zero-order valence-electron chi connectivity index (χ0n) is 19.6. The Hall–Kier alpha value is -3.93. The van der Waals surface area contributed by atoms with E-state index in [1.165, 1.54) is 6.92 Å². The van der Waals surface area contributed by atoms with Gasteiger partial charge in [0.15, 0.2) is 5.82 Å². The molecule has 0 aliphatic heterocycles. The van der Waals surface area contributed by atoms with E-state index in [1.807, 2.05) is 72.1 Å². The van der Waals surface area contributed by atoms with Gasteiger partial charge in [-0.05, 0) is 71.0 Å². The first-order valence-electron chi connectivity index (χ1n) is 10.9. The first-order chi connectivity index (χ1) is 15.6. The van der Waals surface area contributed by atoms with Gasteiger partial charge in [-0.25, -0.2) is 4.98 Å². The number of aromatic nitrogens is 2. The number of nitrogens with one attached hydrogen (secondary N) is 2. The Balaban J connectivity index is 1.62. The minimum absolute atomic E-state index is 0.0287. The minimum Gasteiger partial charge on any atom is -0.322 e. The van der Waals surface area contributed by atoms with Crippen molar-refractivity contribution in [3.63, 3.8) is 0 Å². The van der Waals surface area contributed by atoms with Crippen molar-refractivity contribution in [1.29, 1.82) is 0 Å². The van der Waals surface area contributed by atoms with Crippen LogP contribution in [0.5, 0.6) is 0 Å². The number of benzene rings is 2. The number of carbonyl (C=O) groups is 2. The van der Waals surface area contributed by atoms with Crippen LogP contribution in [-0.4, -0.2) is 21.2 Å². The zero-order chi connectivity index (χ0) is 23.8. The Morgan fingerprint density at radius 2 is 1.73 bits per heavy atom. The molecule has 4 rings (SSSR count). The molecular formula is C27H28N4O2. The average Bonchev–Trinajstić information content (AvgIpc) is 3.15. The molecule has 0 aliphatic rings. The standard InChI is InChI=1S/C27H28N4O2/c1-17-9-11-22(29-26(33)19-7-6-8-21(13-19)27(3,4)5)14-23(17)20-10-12-25-30-24(28-18(2)32)16-31(25)15-20/h6-16H,1-5H3,(H,28,32)(H,29,33). The quantitative estimate of drug-likeness (QED) is 0.420. The number of imidazole rings is 1. The van der Waals surface area contributed by atoms with Gasteiger partial charge in [0.1, 0.15) is 5.65 Å². The van der Waals surface area contributed by atoms with Crippen LogP contribution in [-0.2, 0) is 10.2 Å². The summed E-state index contributed by atoms with van der Waals surface area (Å²) in [6.07, 6.45) is 3.75. The van der Waals surface area contributed by atoms with Crippen LogP contribution in [0.15, 0.2) is 67.0 Å². The second-order valence-electron chi connectivity index (χ2n) is 9.31. The van der Waals surface area contributed by atoms with Crippen molar-refractivity contribution < 1.29 is 9.59 Å². The molecule has 0 saturated carbocycles. The topological polar surface area (TPSA) is 75.5 Å². The summed E-state index contributed by atoms with van der Waals surface area (Å²) in [4.78, 5) is 28.7. The molecule has 2 aromatic carbocycles. The van der Waals surface area contributed by atoms with Crippen molar-refractivity contribution in [3.8, 4) is 11.1 Å². The predicted molar refractivity (Wildman–Crippen MR) is 133 cm³/mol. The molecule has 33 heavy (non-hydrogen) atoms. The Morgan fingerprint density at radius 3 is 2.45 bits per heavy atom. The van der Waals surface area contributed by atoms with E-state index in [-0.39, 0.29) is 17.2 Å². The molecule has 0 radical (unpaired) electrons. The van der Waals surface area contributed by atoms with E-state index in [1.54, 1.807) is 6.20 Å². The van der Waals surface area contributed by atoms with Gasteiger partial charge >= 0.3 is 0 Å². The van der Waals surface area contributed by atoms with Gasteiger partial charge in [0.05, 0.1) is 6.20 Å². The summed E-state index contributed by atoms with van der Waals surface area (Å²) in [7, 11) is 0. The number of hydrogen-bond acceptors (Lipinski definition) is 3. The third kappa shape index (κ3) is 4.95. The fraction of sp³-hybridized carbons (Fsp3) is 0.222. The lowest BCUT2D eigenvalue weighted by Gasteiger charge is -2.19. The van der Waals surface area contributed by atoms with E-state index in [0.29, 0.717) is 11.4 Å². The van der Waals surface area contributed by atoms with Crippen LogP contribution >= 0.6 is 0 Å². The number of pyridine rings is 1. The van der Waals surface area contributed by atoms with Gasteiger partial charge in [0.2, 0.25) is 5.91 Å². The summed E-state index contributed by atoms with van der Waals surface area (Å²) in [5.41, 5.74) is 6.27. The number of fused-ring (bicyclic) bond motifs is 1. The van der Waals surface area contributed by atoms with Crippen LogP contribution in [0.3, 0.4) is 0 Å². The van der Waals surface area contributed by atoms with Gasteiger partial charge < -0.3 is 15.0 Å². The van der Waals surface area contributed by atoms with Crippen molar-refractivity contribution in [2.45, 2.75) is 40.0 Å². The van der Waals surface area contributed by atoms with Gasteiger partial charge in [0, 0.05) is 24.4 Å². The molecule has 6 heteroatoms. The number of nitrogens with zero attached hydrogens (tertiary/aromatic N) is 2. The Bertz CT molecular complexity index is 1360. The van der Waals surface area contributed by atoms with Crippen LogP contribution in [0.2, 0.25) is 0 Å². The maximum atomic E-state index is 12.9. The normalized spacial score (nSPS) is 11.4. The molecule has 0 spiro atoms. The van der Waals surface area contributed by atoms with E-state index >= 15 is 0 Å². The predicted octanol–water partition coefficient (Wildman–Crippen LogP) is 5.82. The molecule has 0 atom stereocenters. The van der Waals surface area contributed by atoms with Crippen molar-refractivity contribution in [3.05, 3.63) is 83.7 Å². The molecule has 4 aromatic rings. The molecule has 2 N–H and O–H groups in total. The second kappa shape index (κ2) is 8.54. The van der Waals surface area contributed by atoms with Crippen LogP contribution in [0, 0.1) is 6.92 Å². The summed E-state index contributed by atoms with van der Waals surface area (Å²) in [5, 5.41) is 5.74. The summed E-state index contributed by atoms with van der Waals surface area (Å²) in [6, 6.07) is 17.5. The molecule has 168 valence electrons. The zero-order valence-corrected chi connectivity index (χ0v) is 19.6. The Kier molecular flexibility index (Phi) is 5.77. The van der Waals surface area contributed by atoms with Gasteiger partial charge in [-0.15, -0.1) is 0 Å². The summed E-state index contributed by atoms with van der Waals surface area (Å²) < 4.78 is 1.88. The number of carbonyl (C=O) groups excluding carboxylic acids is 2. The molecule has 2 aromatic heterocycles. The van der Waals surface area contributed by atoms with Crippen molar-refractivity contribution in [2.75, 3.05) is 10.6 Å². The molecule has 6 nitrogen and oxygen atoms in total. The van der Waals surface area contributed by atoms with Gasteiger partial charge in [0.25, 0.3) is 5.91 Å². The fourth-order valence-corrected chi connectivity index (χ4v) is 3.73. The number of aryl methyl sites for hydroxylation is 1. The average molecular weight is 441 g/mol. The summed E-state index contributed by atoms with van der Waals surface area (Å²) in [5.74, 6) is 0.210. The van der Waals surface area contributed by atoms with Gasteiger partial charge in [-0.2, -0.15) is 0 Å². The lowest BCUT2D eigenvalue weighted by atomic mass is 9.86. The maximum absolute atomic E-state index is 12.9. The highest BCUT2D eigenvalue weighted by molar-refractivity contribution is 6.04. The van der Waals surface area contributed by atoms with Crippen LogP contribution < -0.4 is 10.6 Å². The summed E-state index contributed by atoms with van der Waals surface area (Å²) >= 11 is 0. The van der Waals surface area contributed by atoms with E-state index in [9.17, 15) is 9.59 Å². The lowest BCUT2D eigenvalue weighted by Crippen LogP contribution is -2.15. The molecule has 0 aliphatic carbocycles. The smallest absolute Gasteiger partial charge is 0.255 e. The third-order valence-corrected chi connectivity index (χ3v) is 5.55. The van der Waals surface area contributed by atoms with Crippen molar-refractivity contribution in [1.82, 2.24) is 9.38 Å². The molecular weight excluding hydrogens is 412 g/mol. The van der Waals surface area contributed by atoms with E-state index in [2.05, 4.69) is 36.4 Å². The largest absolute Gasteiger partial charge is 0.322 e. The molecule has 2 amide bonds. The number of hydrogen-bond donors (Lipinski definition) is 2. The second-order valence-corrected chi connectivity index (χ2v) is 9.31. The van der Waals surface area contributed by atoms with Crippen LogP contribution in [0.25, 0.3) is 16.8 Å². The van der Waals surface area contributed by atoms with E-state index in [0.717, 1.165) is 33.6 Å². The first kappa shape index (κ1) is 22.3. The highest BCUT2D eigenvalue weighted by Crippen LogP contribution is 2.28. The molecule has 2 heterocycles. The monoisotopic (exact) mass is 440 g/mol. The van der Waals surface area contributed by atoms with Crippen molar-refractivity contribution >= 4 is 29.0 Å².